The molecule has 1 heterocycles. The molecule has 1 amide bonds. The predicted octanol–water partition coefficient (Wildman–Crippen LogP) is 2.70. The number of amidine groups is 1. The van der Waals surface area contributed by atoms with Crippen molar-refractivity contribution in [3.05, 3.63) is 39.7 Å². The molecule has 0 unspecified atom stereocenters. The highest BCUT2D eigenvalue weighted by Crippen LogP contribution is 2.31. The van der Waals surface area contributed by atoms with Gasteiger partial charge < -0.3 is 4.74 Å². The number of benzene rings is 1. The smallest absolute Gasteiger partial charge is 0.331 e. The van der Waals surface area contributed by atoms with E-state index in [-0.39, 0.29) is 5.91 Å². The van der Waals surface area contributed by atoms with Gasteiger partial charge in [0.1, 0.15) is 0 Å². The Labute approximate surface area is 128 Å². The van der Waals surface area contributed by atoms with Gasteiger partial charge in [-0.2, -0.15) is 0 Å². The molecule has 0 radical (unpaired) electrons. The molecule has 7 heteroatoms. The number of carbonyl (C=O) groups is 2. The van der Waals surface area contributed by atoms with Crippen LogP contribution in [0.5, 0.6) is 0 Å². The summed E-state index contributed by atoms with van der Waals surface area (Å²) >= 11 is 4.49. The quantitative estimate of drug-likeness (QED) is 0.605. The van der Waals surface area contributed by atoms with Gasteiger partial charge in [-0.1, -0.05) is 15.9 Å². The van der Waals surface area contributed by atoms with Crippen LogP contribution in [0.4, 0.5) is 5.69 Å². The first-order valence-electron chi connectivity index (χ1n) is 5.61. The number of nitrogens with zero attached hydrogens (tertiary/aromatic N) is 2. The van der Waals surface area contributed by atoms with Gasteiger partial charge in [0.25, 0.3) is 5.91 Å². The first-order chi connectivity index (χ1) is 9.51. The van der Waals surface area contributed by atoms with E-state index in [9.17, 15) is 9.59 Å². The van der Waals surface area contributed by atoms with Crippen LogP contribution in [0.15, 0.2) is 44.7 Å². The van der Waals surface area contributed by atoms with Gasteiger partial charge in [-0.25, -0.2) is 9.79 Å². The molecule has 2 rings (SSSR count). The van der Waals surface area contributed by atoms with Crippen LogP contribution in [-0.4, -0.2) is 36.1 Å². The molecule has 20 heavy (non-hydrogen) atoms. The number of esters is 1. The summed E-state index contributed by atoms with van der Waals surface area (Å²) in [6, 6.07) is 7.40. The molecule has 1 aliphatic rings. The summed E-state index contributed by atoms with van der Waals surface area (Å²) in [5.41, 5.74) is 0.731. The zero-order valence-corrected chi connectivity index (χ0v) is 13.2. The van der Waals surface area contributed by atoms with Crippen molar-refractivity contribution in [2.24, 2.45) is 4.99 Å². The lowest BCUT2D eigenvalue weighted by atomic mass is 10.3. The number of hydrogen-bond donors (Lipinski definition) is 0. The summed E-state index contributed by atoms with van der Waals surface area (Å²) in [6.45, 7) is 0. The standard InChI is InChI=1S/C13H11BrN2O3S/c1-16-12(18)10(7-11(17)19-2)20-13(16)15-9-5-3-8(14)4-6-9/h3-7H,1-2H3. The Kier molecular flexibility index (Phi) is 4.61. The minimum Gasteiger partial charge on any atom is -0.466 e. The summed E-state index contributed by atoms with van der Waals surface area (Å²) in [6.07, 6.45) is 1.17. The second-order valence-corrected chi connectivity index (χ2v) is 5.79. The van der Waals surface area contributed by atoms with Gasteiger partial charge in [-0.15, -0.1) is 0 Å². The summed E-state index contributed by atoms with van der Waals surface area (Å²) in [5, 5.41) is 0.521. The maximum atomic E-state index is 12.0. The van der Waals surface area contributed by atoms with Crippen molar-refractivity contribution in [1.29, 1.82) is 0 Å². The summed E-state index contributed by atoms with van der Waals surface area (Å²) in [4.78, 5) is 29.2. The largest absolute Gasteiger partial charge is 0.466 e. The molecule has 0 aromatic heterocycles. The van der Waals surface area contributed by atoms with Crippen molar-refractivity contribution >= 4 is 50.4 Å². The maximum Gasteiger partial charge on any atom is 0.331 e. The summed E-state index contributed by atoms with van der Waals surface area (Å²) < 4.78 is 5.47. The van der Waals surface area contributed by atoms with Crippen molar-refractivity contribution in [3.8, 4) is 0 Å². The van der Waals surface area contributed by atoms with Gasteiger partial charge in [0.2, 0.25) is 0 Å². The molecule has 0 spiro atoms. The fourth-order valence-corrected chi connectivity index (χ4v) is 2.65. The van der Waals surface area contributed by atoms with Crippen molar-refractivity contribution in [3.63, 3.8) is 0 Å². The van der Waals surface area contributed by atoms with Crippen LogP contribution in [0.2, 0.25) is 0 Å². The molecule has 0 bridgehead atoms. The second kappa shape index (κ2) is 6.23. The van der Waals surface area contributed by atoms with E-state index in [0.717, 1.165) is 21.9 Å². The van der Waals surface area contributed by atoms with Gasteiger partial charge in [0, 0.05) is 17.6 Å². The molecule has 1 fully saturated rings. The highest BCUT2D eigenvalue weighted by molar-refractivity contribution is 9.10. The molecule has 104 valence electrons. The van der Waals surface area contributed by atoms with Gasteiger partial charge in [-0.3, -0.25) is 9.69 Å². The number of likely N-dealkylation sites (N-methyl/N-ethyl adjacent to an activating group) is 1. The zero-order chi connectivity index (χ0) is 14.7. The number of hydrogen-bond acceptors (Lipinski definition) is 5. The fraction of sp³-hybridized carbons (Fsp3) is 0.154. The third-order valence-corrected chi connectivity index (χ3v) is 4.09. The third-order valence-electron chi connectivity index (χ3n) is 2.51. The van der Waals surface area contributed by atoms with Crippen molar-refractivity contribution in [2.45, 2.75) is 0 Å². The Morgan fingerprint density at radius 1 is 1.40 bits per heavy atom. The van der Waals surface area contributed by atoms with E-state index in [1.165, 1.54) is 18.1 Å². The first-order valence-corrected chi connectivity index (χ1v) is 7.22. The van der Waals surface area contributed by atoms with Crippen molar-refractivity contribution in [1.82, 2.24) is 4.90 Å². The Balaban J connectivity index is 2.26. The molecule has 0 saturated carbocycles. The van der Waals surface area contributed by atoms with Crippen molar-refractivity contribution in [2.75, 3.05) is 14.2 Å². The molecule has 0 aliphatic carbocycles. The lowest BCUT2D eigenvalue weighted by Crippen LogP contribution is -2.23. The minimum absolute atomic E-state index is 0.267. The van der Waals surface area contributed by atoms with Crippen LogP contribution < -0.4 is 0 Å². The van der Waals surface area contributed by atoms with Crippen LogP contribution in [0.1, 0.15) is 0 Å². The van der Waals surface area contributed by atoms with E-state index in [1.807, 2.05) is 24.3 Å². The first kappa shape index (κ1) is 14.8. The van der Waals surface area contributed by atoms with E-state index in [2.05, 4.69) is 25.7 Å². The van der Waals surface area contributed by atoms with Crippen molar-refractivity contribution < 1.29 is 14.3 Å². The fourth-order valence-electron chi connectivity index (χ4n) is 1.44. The van der Waals surface area contributed by atoms with Crippen LogP contribution in [0.25, 0.3) is 0 Å². The van der Waals surface area contributed by atoms with Gasteiger partial charge >= 0.3 is 5.97 Å². The highest BCUT2D eigenvalue weighted by Gasteiger charge is 2.31. The van der Waals surface area contributed by atoms with Gasteiger partial charge in [0.15, 0.2) is 5.17 Å². The molecule has 0 atom stereocenters. The minimum atomic E-state index is -0.556. The number of ether oxygens (including phenoxy) is 1. The van der Waals surface area contributed by atoms with E-state index < -0.39 is 5.97 Å². The Morgan fingerprint density at radius 2 is 2.05 bits per heavy atom. The number of amides is 1. The Bertz CT molecular complexity index is 611. The van der Waals surface area contributed by atoms with Crippen LogP contribution in [0.3, 0.4) is 0 Å². The normalized spacial score (nSPS) is 18.9. The Hall–Kier alpha value is -1.60. The average Bonchev–Trinajstić information content (AvgIpc) is 2.69. The molecular formula is C13H11BrN2O3S. The monoisotopic (exact) mass is 354 g/mol. The Morgan fingerprint density at radius 3 is 2.65 bits per heavy atom. The van der Waals surface area contributed by atoms with Crippen LogP contribution >= 0.6 is 27.7 Å². The van der Waals surface area contributed by atoms with Gasteiger partial charge in [0.05, 0.1) is 17.7 Å². The molecule has 5 nitrogen and oxygen atoms in total. The zero-order valence-electron chi connectivity index (χ0n) is 10.8. The van der Waals surface area contributed by atoms with E-state index >= 15 is 0 Å². The predicted molar refractivity (Wildman–Crippen MR) is 81.7 cm³/mol. The summed E-state index contributed by atoms with van der Waals surface area (Å²) in [7, 11) is 2.88. The topological polar surface area (TPSA) is 59.0 Å². The number of thioether (sulfide) groups is 1. The van der Waals surface area contributed by atoms with Crippen LogP contribution in [-0.2, 0) is 14.3 Å². The van der Waals surface area contributed by atoms with Crippen LogP contribution in [0, 0.1) is 0 Å². The number of methoxy groups -OCH3 is 1. The van der Waals surface area contributed by atoms with E-state index in [4.69, 9.17) is 0 Å². The number of halogens is 1. The summed E-state index contributed by atoms with van der Waals surface area (Å²) in [5.74, 6) is -0.824. The third kappa shape index (κ3) is 3.29. The molecule has 1 aliphatic heterocycles. The molecule has 1 aromatic carbocycles. The highest BCUT2D eigenvalue weighted by atomic mass is 79.9. The lowest BCUT2D eigenvalue weighted by molar-refractivity contribution is -0.135. The molecule has 0 N–H and O–H groups in total. The molecule has 1 aromatic rings. The SMILES string of the molecule is COC(=O)C=C1SC(=Nc2ccc(Br)cc2)N(C)C1=O. The van der Waals surface area contributed by atoms with Gasteiger partial charge in [-0.05, 0) is 36.0 Å². The molecular weight excluding hydrogens is 344 g/mol. The van der Waals surface area contributed by atoms with E-state index in [0.29, 0.717) is 10.1 Å². The number of rotatable bonds is 2. The maximum absolute atomic E-state index is 12.0. The average molecular weight is 355 g/mol. The number of aliphatic imine (C=N–C) groups is 1. The second-order valence-electron chi connectivity index (χ2n) is 3.87. The molecule has 1 saturated heterocycles. The lowest BCUT2D eigenvalue weighted by Gasteiger charge is -2.06. The number of carbonyl (C=O) groups excluding carboxylic acids is 2. The van der Waals surface area contributed by atoms with E-state index in [1.54, 1.807) is 7.05 Å².